The summed E-state index contributed by atoms with van der Waals surface area (Å²) < 4.78 is 0. The number of pyridine rings is 1. The van der Waals surface area contributed by atoms with Crippen molar-refractivity contribution in [3.05, 3.63) is 27.9 Å². The molecule has 1 aromatic heterocycles. The van der Waals surface area contributed by atoms with Gasteiger partial charge in [0.25, 0.3) is 0 Å². The van der Waals surface area contributed by atoms with E-state index in [1.807, 2.05) is 0 Å². The Morgan fingerprint density at radius 3 is 3.06 bits per heavy atom. The SMILES string of the molecule is Cc1cnc(NCC2CCC(=O)N2)c([N+](=O)[O-])c1. The first kappa shape index (κ1) is 12.3. The van der Waals surface area contributed by atoms with Gasteiger partial charge in [-0.3, -0.25) is 14.9 Å². The number of nitro groups is 1. The molecule has 1 amide bonds. The number of nitrogens with one attached hydrogen (secondary N) is 2. The number of aromatic nitrogens is 1. The van der Waals surface area contributed by atoms with E-state index in [1.54, 1.807) is 13.1 Å². The van der Waals surface area contributed by atoms with Crippen molar-refractivity contribution in [1.82, 2.24) is 10.3 Å². The minimum Gasteiger partial charge on any atom is -0.362 e. The second kappa shape index (κ2) is 4.99. The fourth-order valence-electron chi connectivity index (χ4n) is 1.88. The van der Waals surface area contributed by atoms with Gasteiger partial charge in [0, 0.05) is 31.3 Å². The maximum absolute atomic E-state index is 11.0. The topological polar surface area (TPSA) is 97.2 Å². The quantitative estimate of drug-likeness (QED) is 0.613. The van der Waals surface area contributed by atoms with Gasteiger partial charge >= 0.3 is 5.69 Å². The summed E-state index contributed by atoms with van der Waals surface area (Å²) in [5.41, 5.74) is 0.695. The Morgan fingerprint density at radius 2 is 2.44 bits per heavy atom. The van der Waals surface area contributed by atoms with Crippen LogP contribution in [0.2, 0.25) is 0 Å². The van der Waals surface area contributed by atoms with Crippen molar-refractivity contribution in [2.75, 3.05) is 11.9 Å². The molecule has 0 bridgehead atoms. The van der Waals surface area contributed by atoms with Crippen LogP contribution in [-0.2, 0) is 4.79 Å². The Hall–Kier alpha value is -2.18. The third-order valence-electron chi connectivity index (χ3n) is 2.80. The summed E-state index contributed by atoms with van der Waals surface area (Å²) in [6, 6.07) is 1.49. The first-order chi connectivity index (χ1) is 8.56. The van der Waals surface area contributed by atoms with Gasteiger partial charge in [0.15, 0.2) is 0 Å². The van der Waals surface area contributed by atoms with E-state index in [0.717, 1.165) is 12.0 Å². The molecule has 1 aromatic rings. The second-order valence-electron chi connectivity index (χ2n) is 4.32. The maximum atomic E-state index is 11.0. The number of carbonyl (C=O) groups excluding carboxylic acids is 1. The van der Waals surface area contributed by atoms with Gasteiger partial charge < -0.3 is 10.6 Å². The number of amides is 1. The van der Waals surface area contributed by atoms with E-state index in [1.165, 1.54) is 6.07 Å². The third-order valence-corrected chi connectivity index (χ3v) is 2.80. The average molecular weight is 250 g/mol. The van der Waals surface area contributed by atoms with Crippen molar-refractivity contribution >= 4 is 17.4 Å². The molecule has 96 valence electrons. The van der Waals surface area contributed by atoms with Gasteiger partial charge in [-0.2, -0.15) is 0 Å². The van der Waals surface area contributed by atoms with Crippen LogP contribution in [0.4, 0.5) is 11.5 Å². The van der Waals surface area contributed by atoms with Crippen molar-refractivity contribution in [3.63, 3.8) is 0 Å². The van der Waals surface area contributed by atoms with E-state index in [9.17, 15) is 14.9 Å². The number of nitrogens with zero attached hydrogens (tertiary/aromatic N) is 2. The molecule has 0 radical (unpaired) electrons. The predicted octanol–water partition coefficient (Wildman–Crippen LogP) is 0.989. The van der Waals surface area contributed by atoms with Crippen LogP contribution in [-0.4, -0.2) is 28.4 Å². The number of aryl methyl sites for hydroxylation is 1. The monoisotopic (exact) mass is 250 g/mol. The average Bonchev–Trinajstić information content (AvgIpc) is 2.73. The molecule has 0 spiro atoms. The van der Waals surface area contributed by atoms with Gasteiger partial charge in [-0.15, -0.1) is 0 Å². The summed E-state index contributed by atoms with van der Waals surface area (Å²) in [6.45, 7) is 2.20. The predicted molar refractivity (Wildman–Crippen MR) is 65.3 cm³/mol. The molecule has 2 N–H and O–H groups in total. The minimum absolute atomic E-state index is 0.0141. The summed E-state index contributed by atoms with van der Waals surface area (Å²) in [7, 11) is 0. The molecule has 1 fully saturated rings. The van der Waals surface area contributed by atoms with E-state index in [0.29, 0.717) is 13.0 Å². The van der Waals surface area contributed by atoms with E-state index >= 15 is 0 Å². The highest BCUT2D eigenvalue weighted by atomic mass is 16.6. The van der Waals surface area contributed by atoms with Crippen LogP contribution >= 0.6 is 0 Å². The van der Waals surface area contributed by atoms with Crippen LogP contribution in [0.15, 0.2) is 12.3 Å². The van der Waals surface area contributed by atoms with E-state index in [-0.39, 0.29) is 23.5 Å². The Labute approximate surface area is 104 Å². The Balaban J connectivity index is 2.04. The van der Waals surface area contributed by atoms with Crippen molar-refractivity contribution in [2.45, 2.75) is 25.8 Å². The molecule has 1 atom stereocenters. The minimum atomic E-state index is -0.463. The summed E-state index contributed by atoms with van der Waals surface area (Å²) >= 11 is 0. The molecule has 1 aliphatic heterocycles. The highest BCUT2D eigenvalue weighted by molar-refractivity contribution is 5.78. The van der Waals surface area contributed by atoms with Crippen molar-refractivity contribution in [3.8, 4) is 0 Å². The van der Waals surface area contributed by atoms with Crippen LogP contribution in [0.25, 0.3) is 0 Å². The number of hydrogen-bond donors (Lipinski definition) is 2. The van der Waals surface area contributed by atoms with Crippen molar-refractivity contribution < 1.29 is 9.72 Å². The summed E-state index contributed by atoms with van der Waals surface area (Å²) in [5.74, 6) is 0.264. The Bertz CT molecular complexity index is 489. The van der Waals surface area contributed by atoms with Gasteiger partial charge in [-0.25, -0.2) is 4.98 Å². The molecular formula is C11H14N4O3. The number of carbonyl (C=O) groups is 1. The molecule has 7 heteroatoms. The summed E-state index contributed by atoms with van der Waals surface area (Å²) in [6.07, 6.45) is 2.82. The van der Waals surface area contributed by atoms with E-state index in [4.69, 9.17) is 0 Å². The van der Waals surface area contributed by atoms with Gasteiger partial charge in [0.1, 0.15) is 0 Å². The van der Waals surface area contributed by atoms with Gasteiger partial charge in [-0.05, 0) is 18.9 Å². The maximum Gasteiger partial charge on any atom is 0.311 e. The zero-order valence-electron chi connectivity index (χ0n) is 9.97. The van der Waals surface area contributed by atoms with Crippen molar-refractivity contribution in [1.29, 1.82) is 0 Å². The zero-order valence-corrected chi connectivity index (χ0v) is 9.97. The smallest absolute Gasteiger partial charge is 0.311 e. The van der Waals surface area contributed by atoms with Crippen LogP contribution in [0.3, 0.4) is 0 Å². The zero-order chi connectivity index (χ0) is 13.1. The molecular weight excluding hydrogens is 236 g/mol. The molecule has 2 rings (SSSR count). The highest BCUT2D eigenvalue weighted by Gasteiger charge is 2.22. The molecule has 7 nitrogen and oxygen atoms in total. The van der Waals surface area contributed by atoms with Crippen LogP contribution in [0, 0.1) is 17.0 Å². The third kappa shape index (κ3) is 2.73. The Kier molecular flexibility index (Phi) is 3.40. The van der Waals surface area contributed by atoms with Crippen molar-refractivity contribution in [2.24, 2.45) is 0 Å². The largest absolute Gasteiger partial charge is 0.362 e. The lowest BCUT2D eigenvalue weighted by molar-refractivity contribution is -0.384. The molecule has 1 saturated heterocycles. The van der Waals surface area contributed by atoms with E-state index in [2.05, 4.69) is 15.6 Å². The number of hydrogen-bond acceptors (Lipinski definition) is 5. The van der Waals surface area contributed by atoms with Crippen LogP contribution in [0.1, 0.15) is 18.4 Å². The molecule has 1 aliphatic rings. The molecule has 1 unspecified atom stereocenters. The molecule has 2 heterocycles. The lowest BCUT2D eigenvalue weighted by atomic mass is 10.2. The lowest BCUT2D eigenvalue weighted by Gasteiger charge is -2.11. The number of anilines is 1. The molecule has 18 heavy (non-hydrogen) atoms. The summed E-state index contributed by atoms with van der Waals surface area (Å²) in [4.78, 5) is 25.5. The Morgan fingerprint density at radius 1 is 1.67 bits per heavy atom. The first-order valence-electron chi connectivity index (χ1n) is 5.70. The number of rotatable bonds is 4. The van der Waals surface area contributed by atoms with Crippen LogP contribution in [0.5, 0.6) is 0 Å². The summed E-state index contributed by atoms with van der Waals surface area (Å²) in [5, 5.41) is 16.6. The second-order valence-corrected chi connectivity index (χ2v) is 4.32. The molecule has 0 saturated carbocycles. The highest BCUT2D eigenvalue weighted by Crippen LogP contribution is 2.22. The van der Waals surface area contributed by atoms with Gasteiger partial charge in [0.05, 0.1) is 4.92 Å². The molecule has 0 aromatic carbocycles. The van der Waals surface area contributed by atoms with Crippen LogP contribution < -0.4 is 10.6 Å². The first-order valence-corrected chi connectivity index (χ1v) is 5.70. The lowest BCUT2D eigenvalue weighted by Crippen LogP contribution is -2.32. The fraction of sp³-hybridized carbons (Fsp3) is 0.455. The van der Waals surface area contributed by atoms with E-state index < -0.39 is 4.92 Å². The molecule has 0 aliphatic carbocycles. The van der Waals surface area contributed by atoms with Gasteiger partial charge in [-0.1, -0.05) is 0 Å². The normalized spacial score (nSPS) is 18.5. The standard InChI is InChI=1S/C11H14N4O3/c1-7-4-9(15(17)18)11(12-5-7)13-6-8-2-3-10(16)14-8/h4-5,8H,2-3,6H2,1H3,(H,12,13)(H,14,16). The van der Waals surface area contributed by atoms with Gasteiger partial charge in [0.2, 0.25) is 11.7 Å². The fourth-order valence-corrected chi connectivity index (χ4v) is 1.88.